The fraction of sp³-hybridized carbons (Fsp3) is 0.375. The van der Waals surface area contributed by atoms with Gasteiger partial charge in [0.1, 0.15) is 17.5 Å². The number of rotatable bonds is 4. The van der Waals surface area contributed by atoms with E-state index in [9.17, 15) is 4.39 Å². The van der Waals surface area contributed by atoms with E-state index in [-0.39, 0.29) is 5.82 Å². The van der Waals surface area contributed by atoms with Gasteiger partial charge in [-0.15, -0.1) is 11.8 Å². The highest BCUT2D eigenvalue weighted by atomic mass is 32.2. The third-order valence-corrected chi connectivity index (χ3v) is 4.78. The monoisotopic (exact) mass is 303 g/mol. The van der Waals surface area contributed by atoms with Crippen molar-refractivity contribution in [2.75, 3.05) is 5.73 Å². The van der Waals surface area contributed by atoms with Gasteiger partial charge in [0.05, 0.1) is 5.75 Å². The van der Waals surface area contributed by atoms with E-state index in [1.165, 1.54) is 37.8 Å². The summed E-state index contributed by atoms with van der Waals surface area (Å²) in [6.07, 6.45) is 4.93. The first kappa shape index (κ1) is 14.3. The third kappa shape index (κ3) is 3.73. The van der Waals surface area contributed by atoms with Gasteiger partial charge in [0.2, 0.25) is 0 Å². The second-order valence-electron chi connectivity index (χ2n) is 5.36. The Labute approximate surface area is 128 Å². The van der Waals surface area contributed by atoms with Crippen molar-refractivity contribution in [3.05, 3.63) is 47.7 Å². The first-order valence-corrected chi connectivity index (χ1v) is 8.21. The number of benzene rings is 1. The lowest BCUT2D eigenvalue weighted by Gasteiger charge is -2.11. The van der Waals surface area contributed by atoms with Gasteiger partial charge >= 0.3 is 0 Å². The van der Waals surface area contributed by atoms with Crippen molar-refractivity contribution in [1.29, 1.82) is 0 Å². The zero-order valence-corrected chi connectivity index (χ0v) is 12.6. The van der Waals surface area contributed by atoms with Crippen molar-refractivity contribution in [3.8, 4) is 0 Å². The maximum absolute atomic E-state index is 12.9. The van der Waals surface area contributed by atoms with E-state index in [1.54, 1.807) is 23.9 Å². The highest BCUT2D eigenvalue weighted by molar-refractivity contribution is 7.98. The zero-order chi connectivity index (χ0) is 14.7. The molecule has 0 atom stereocenters. The Hall–Kier alpha value is -1.62. The minimum atomic E-state index is -0.219. The number of hydrogen-bond acceptors (Lipinski definition) is 4. The molecule has 0 aliphatic heterocycles. The van der Waals surface area contributed by atoms with Gasteiger partial charge in [0.15, 0.2) is 0 Å². The summed E-state index contributed by atoms with van der Waals surface area (Å²) >= 11 is 1.59. The van der Waals surface area contributed by atoms with Crippen LogP contribution in [0.2, 0.25) is 0 Å². The van der Waals surface area contributed by atoms with Gasteiger partial charge in [0, 0.05) is 22.6 Å². The lowest BCUT2D eigenvalue weighted by atomic mass is 10.0. The van der Waals surface area contributed by atoms with Crippen LogP contribution in [-0.2, 0) is 5.75 Å². The molecule has 3 rings (SSSR count). The molecule has 0 bridgehead atoms. The SMILES string of the molecule is Nc1cc(C2CCCC2)nc(CSc2ccc(F)cc2)n1. The van der Waals surface area contributed by atoms with Crippen LogP contribution in [0.25, 0.3) is 0 Å². The molecule has 0 unspecified atom stereocenters. The topological polar surface area (TPSA) is 51.8 Å². The quantitative estimate of drug-likeness (QED) is 0.862. The fourth-order valence-electron chi connectivity index (χ4n) is 2.71. The number of nitrogen functional groups attached to an aromatic ring is 1. The standard InChI is InChI=1S/C16H18FN3S/c17-12-5-7-13(8-6-12)21-10-16-19-14(9-15(18)20-16)11-3-1-2-4-11/h5-9,11H,1-4,10H2,(H2,18,19,20). The molecule has 0 saturated heterocycles. The minimum Gasteiger partial charge on any atom is -0.384 e. The van der Waals surface area contributed by atoms with Gasteiger partial charge in [0.25, 0.3) is 0 Å². The maximum atomic E-state index is 12.9. The number of hydrogen-bond donors (Lipinski definition) is 1. The third-order valence-electron chi connectivity index (χ3n) is 3.77. The van der Waals surface area contributed by atoms with Crippen molar-refractivity contribution < 1.29 is 4.39 Å². The number of nitrogens with zero attached hydrogens (tertiary/aromatic N) is 2. The van der Waals surface area contributed by atoms with Gasteiger partial charge in [-0.1, -0.05) is 12.8 Å². The van der Waals surface area contributed by atoms with E-state index in [1.807, 2.05) is 6.07 Å². The molecule has 5 heteroatoms. The molecule has 0 spiro atoms. The first-order chi connectivity index (χ1) is 10.2. The fourth-order valence-corrected chi connectivity index (χ4v) is 3.47. The summed E-state index contributed by atoms with van der Waals surface area (Å²) in [5, 5.41) is 0. The van der Waals surface area contributed by atoms with Crippen molar-refractivity contribution in [1.82, 2.24) is 9.97 Å². The Balaban J connectivity index is 1.71. The predicted octanol–water partition coefficient (Wildman–Crippen LogP) is 4.15. The van der Waals surface area contributed by atoms with Crippen molar-refractivity contribution in [2.45, 2.75) is 42.2 Å². The number of thioether (sulfide) groups is 1. The molecule has 1 aliphatic carbocycles. The Bertz CT molecular complexity index is 609. The molecule has 1 heterocycles. The van der Waals surface area contributed by atoms with E-state index in [4.69, 9.17) is 5.73 Å². The van der Waals surface area contributed by atoms with Crippen molar-refractivity contribution in [3.63, 3.8) is 0 Å². The molecule has 0 radical (unpaired) electrons. The largest absolute Gasteiger partial charge is 0.384 e. The van der Waals surface area contributed by atoms with Crippen LogP contribution in [0.15, 0.2) is 35.2 Å². The van der Waals surface area contributed by atoms with Crippen LogP contribution in [0.3, 0.4) is 0 Å². The van der Waals surface area contributed by atoms with Crippen molar-refractivity contribution >= 4 is 17.6 Å². The molecule has 1 aliphatic rings. The van der Waals surface area contributed by atoms with Crippen LogP contribution in [0.4, 0.5) is 10.2 Å². The van der Waals surface area contributed by atoms with E-state index in [0.29, 0.717) is 17.5 Å². The predicted molar refractivity (Wildman–Crippen MR) is 83.6 cm³/mol. The zero-order valence-electron chi connectivity index (χ0n) is 11.8. The summed E-state index contributed by atoms with van der Waals surface area (Å²) in [5.41, 5.74) is 6.98. The average Bonchev–Trinajstić information content (AvgIpc) is 3.00. The Morgan fingerprint density at radius 2 is 1.86 bits per heavy atom. The van der Waals surface area contributed by atoms with Crippen LogP contribution >= 0.6 is 11.8 Å². The average molecular weight is 303 g/mol. The van der Waals surface area contributed by atoms with Gasteiger partial charge in [-0.25, -0.2) is 14.4 Å². The molecule has 2 aromatic rings. The molecule has 1 fully saturated rings. The Morgan fingerprint density at radius 1 is 1.14 bits per heavy atom. The molecular weight excluding hydrogens is 285 g/mol. The van der Waals surface area contributed by atoms with E-state index in [2.05, 4.69) is 9.97 Å². The van der Waals surface area contributed by atoms with Gasteiger partial charge < -0.3 is 5.73 Å². The normalized spacial score (nSPS) is 15.5. The van der Waals surface area contributed by atoms with Crippen LogP contribution in [0.1, 0.15) is 43.1 Å². The second-order valence-corrected chi connectivity index (χ2v) is 6.41. The van der Waals surface area contributed by atoms with E-state index >= 15 is 0 Å². The molecule has 3 nitrogen and oxygen atoms in total. The van der Waals surface area contributed by atoms with E-state index < -0.39 is 0 Å². The highest BCUT2D eigenvalue weighted by Gasteiger charge is 2.19. The Kier molecular flexibility index (Phi) is 4.39. The van der Waals surface area contributed by atoms with Gasteiger partial charge in [-0.05, 0) is 37.1 Å². The number of nitrogens with two attached hydrogens (primary N) is 1. The summed E-state index contributed by atoms with van der Waals surface area (Å²) < 4.78 is 12.9. The lowest BCUT2D eigenvalue weighted by Crippen LogP contribution is -2.05. The number of anilines is 1. The minimum absolute atomic E-state index is 0.219. The summed E-state index contributed by atoms with van der Waals surface area (Å²) in [4.78, 5) is 9.98. The van der Waals surface area contributed by atoms with E-state index in [0.717, 1.165) is 16.4 Å². The molecule has 2 N–H and O–H groups in total. The van der Waals surface area contributed by atoms with Crippen molar-refractivity contribution in [2.24, 2.45) is 0 Å². The molecule has 1 saturated carbocycles. The molecule has 110 valence electrons. The number of aromatic nitrogens is 2. The summed E-state index contributed by atoms with van der Waals surface area (Å²) in [5.74, 6) is 2.26. The molecular formula is C16H18FN3S. The molecule has 21 heavy (non-hydrogen) atoms. The van der Waals surface area contributed by atoms with Crippen LogP contribution < -0.4 is 5.73 Å². The number of halogens is 1. The first-order valence-electron chi connectivity index (χ1n) is 7.22. The maximum Gasteiger partial charge on any atom is 0.141 e. The van der Waals surface area contributed by atoms with Gasteiger partial charge in [-0.3, -0.25) is 0 Å². The molecule has 1 aromatic carbocycles. The van der Waals surface area contributed by atoms with Crippen LogP contribution in [0, 0.1) is 5.82 Å². The van der Waals surface area contributed by atoms with Gasteiger partial charge in [-0.2, -0.15) is 0 Å². The summed E-state index contributed by atoms with van der Waals surface area (Å²) in [6.45, 7) is 0. The molecule has 1 aromatic heterocycles. The van der Waals surface area contributed by atoms with Crippen LogP contribution in [-0.4, -0.2) is 9.97 Å². The molecule has 0 amide bonds. The second kappa shape index (κ2) is 6.43. The highest BCUT2D eigenvalue weighted by Crippen LogP contribution is 2.33. The lowest BCUT2D eigenvalue weighted by molar-refractivity contribution is 0.626. The smallest absolute Gasteiger partial charge is 0.141 e. The van der Waals surface area contributed by atoms with Crippen LogP contribution in [0.5, 0.6) is 0 Å². The Morgan fingerprint density at radius 3 is 2.57 bits per heavy atom. The summed E-state index contributed by atoms with van der Waals surface area (Å²) in [6, 6.07) is 8.37. The summed E-state index contributed by atoms with van der Waals surface area (Å²) in [7, 11) is 0.